The highest BCUT2D eigenvalue weighted by molar-refractivity contribution is 7.15. The van der Waals surface area contributed by atoms with Crippen LogP contribution >= 0.6 is 35.3 Å². The first-order valence-corrected chi connectivity index (χ1v) is 8.21. The third-order valence-corrected chi connectivity index (χ3v) is 4.81. The average Bonchev–Trinajstić information content (AvgIpc) is 3.11. The molecule has 1 aliphatic heterocycles. The van der Waals surface area contributed by atoms with E-state index in [2.05, 4.69) is 15.6 Å². The molecule has 2 atom stereocenters. The number of amides is 1. The molecule has 1 aliphatic rings. The predicted molar refractivity (Wildman–Crippen MR) is 94.7 cm³/mol. The second-order valence-corrected chi connectivity index (χ2v) is 6.76. The van der Waals surface area contributed by atoms with Crippen LogP contribution in [0.3, 0.4) is 0 Å². The molecule has 2 aromatic rings. The van der Waals surface area contributed by atoms with Crippen molar-refractivity contribution in [3.05, 3.63) is 45.9 Å². The van der Waals surface area contributed by atoms with Crippen LogP contribution in [0.1, 0.15) is 16.9 Å². The Morgan fingerprint density at radius 1 is 1.48 bits per heavy atom. The molecule has 0 bridgehead atoms. The summed E-state index contributed by atoms with van der Waals surface area (Å²) in [6, 6.07) is 7.32. The van der Waals surface area contributed by atoms with Crippen LogP contribution in [-0.2, 0) is 11.2 Å². The van der Waals surface area contributed by atoms with Gasteiger partial charge >= 0.3 is 0 Å². The van der Waals surface area contributed by atoms with E-state index in [0.29, 0.717) is 24.5 Å². The molecule has 0 aliphatic carbocycles. The minimum absolute atomic E-state index is 0. The maximum atomic E-state index is 12.0. The molecule has 1 amide bonds. The molecule has 1 saturated heterocycles. The van der Waals surface area contributed by atoms with E-state index in [9.17, 15) is 9.90 Å². The number of carbonyl (C=O) groups is 1. The van der Waals surface area contributed by atoms with Gasteiger partial charge in [-0.2, -0.15) is 0 Å². The van der Waals surface area contributed by atoms with E-state index < -0.39 is 6.10 Å². The normalized spacial score (nSPS) is 20.1. The fraction of sp³-hybridized carbons (Fsp3) is 0.333. The van der Waals surface area contributed by atoms with Gasteiger partial charge in [0, 0.05) is 29.1 Å². The van der Waals surface area contributed by atoms with Crippen molar-refractivity contribution in [2.75, 3.05) is 11.9 Å². The maximum Gasteiger partial charge on any atom is 0.243 e. The number of anilines is 1. The monoisotopic (exact) mass is 373 g/mol. The van der Waals surface area contributed by atoms with Gasteiger partial charge in [0.15, 0.2) is 5.13 Å². The zero-order valence-corrected chi connectivity index (χ0v) is 14.5. The average molecular weight is 374 g/mol. The summed E-state index contributed by atoms with van der Waals surface area (Å²) in [7, 11) is 0. The molecule has 3 rings (SSSR count). The first-order valence-electron chi connectivity index (χ1n) is 7.02. The van der Waals surface area contributed by atoms with Crippen molar-refractivity contribution in [1.82, 2.24) is 10.3 Å². The smallest absolute Gasteiger partial charge is 0.243 e. The van der Waals surface area contributed by atoms with Gasteiger partial charge in [-0.25, -0.2) is 4.98 Å². The molecule has 0 spiro atoms. The van der Waals surface area contributed by atoms with Crippen LogP contribution in [0.25, 0.3) is 0 Å². The van der Waals surface area contributed by atoms with Gasteiger partial charge in [-0.1, -0.05) is 29.8 Å². The molecule has 1 aromatic heterocycles. The molecule has 0 saturated carbocycles. The maximum absolute atomic E-state index is 12.0. The second kappa shape index (κ2) is 8.08. The summed E-state index contributed by atoms with van der Waals surface area (Å²) < 4.78 is 0. The molecule has 2 unspecified atom stereocenters. The molecule has 1 aromatic carbocycles. The molecule has 3 N–H and O–H groups in total. The van der Waals surface area contributed by atoms with Gasteiger partial charge in [-0.05, 0) is 18.1 Å². The number of aromatic nitrogens is 1. The van der Waals surface area contributed by atoms with Crippen LogP contribution in [0, 0.1) is 0 Å². The fourth-order valence-electron chi connectivity index (χ4n) is 2.39. The van der Waals surface area contributed by atoms with Crippen LogP contribution in [0.15, 0.2) is 30.5 Å². The topological polar surface area (TPSA) is 74.2 Å². The van der Waals surface area contributed by atoms with Gasteiger partial charge in [0.25, 0.3) is 0 Å². The lowest BCUT2D eigenvalue weighted by Gasteiger charge is -2.08. The summed E-state index contributed by atoms with van der Waals surface area (Å²) in [5, 5.41) is 16.5. The number of nitrogens with zero attached hydrogens (tertiary/aromatic N) is 1. The number of hydrogen-bond donors (Lipinski definition) is 3. The molecule has 0 radical (unpaired) electrons. The van der Waals surface area contributed by atoms with Gasteiger partial charge < -0.3 is 15.7 Å². The molecular formula is C15H17Cl2N3O2S. The number of β-amino-alcohol motifs (C(OH)–C–C–N with tert-alkyl or cyclic N) is 1. The van der Waals surface area contributed by atoms with Crippen molar-refractivity contribution in [2.45, 2.75) is 25.0 Å². The van der Waals surface area contributed by atoms with Gasteiger partial charge in [-0.3, -0.25) is 4.79 Å². The number of hydrogen-bond acceptors (Lipinski definition) is 5. The van der Waals surface area contributed by atoms with Crippen molar-refractivity contribution < 1.29 is 9.90 Å². The van der Waals surface area contributed by atoms with Crippen molar-refractivity contribution in [1.29, 1.82) is 0 Å². The summed E-state index contributed by atoms with van der Waals surface area (Å²) in [4.78, 5) is 17.3. The second-order valence-electron chi connectivity index (χ2n) is 5.24. The van der Waals surface area contributed by atoms with E-state index in [1.165, 1.54) is 11.3 Å². The molecule has 8 heteroatoms. The standard InChI is InChI=1S/C15H16ClN3O2S.ClH/c16-12-4-2-1-3-9(12)5-11-8-18-15(22-11)19-14(21)13-6-10(20)7-17-13;/h1-4,8,10,13,17,20H,5-7H2,(H,18,19,21);1H. The molecular weight excluding hydrogens is 357 g/mol. The van der Waals surface area contributed by atoms with Crippen molar-refractivity contribution in [3.8, 4) is 0 Å². The molecule has 2 heterocycles. The Morgan fingerprint density at radius 3 is 2.96 bits per heavy atom. The highest BCUT2D eigenvalue weighted by atomic mass is 35.5. The lowest BCUT2D eigenvalue weighted by atomic mass is 10.1. The number of aliphatic hydroxyl groups is 1. The predicted octanol–water partition coefficient (Wildman–Crippen LogP) is 2.47. The summed E-state index contributed by atoms with van der Waals surface area (Å²) in [5.74, 6) is -0.157. The molecule has 23 heavy (non-hydrogen) atoms. The molecule has 5 nitrogen and oxygen atoms in total. The third kappa shape index (κ3) is 4.65. The third-order valence-electron chi connectivity index (χ3n) is 3.53. The number of benzene rings is 1. The van der Waals surface area contributed by atoms with Crippen LogP contribution in [-0.4, -0.2) is 34.7 Å². The van der Waals surface area contributed by atoms with Crippen molar-refractivity contribution in [3.63, 3.8) is 0 Å². The van der Waals surface area contributed by atoms with Crippen LogP contribution in [0.4, 0.5) is 5.13 Å². The van der Waals surface area contributed by atoms with E-state index in [1.807, 2.05) is 24.3 Å². The van der Waals surface area contributed by atoms with Gasteiger partial charge in [0.2, 0.25) is 5.91 Å². The number of rotatable bonds is 4. The van der Waals surface area contributed by atoms with Crippen molar-refractivity contribution in [2.24, 2.45) is 0 Å². The Kier molecular flexibility index (Phi) is 6.38. The highest BCUT2D eigenvalue weighted by Crippen LogP contribution is 2.25. The SMILES string of the molecule is Cl.O=C(Nc1ncc(Cc2ccccc2Cl)s1)C1CC(O)CN1. The van der Waals surface area contributed by atoms with Crippen LogP contribution < -0.4 is 10.6 Å². The van der Waals surface area contributed by atoms with Crippen molar-refractivity contribution >= 4 is 46.4 Å². The largest absolute Gasteiger partial charge is 0.392 e. The van der Waals surface area contributed by atoms with E-state index in [1.54, 1.807) is 6.20 Å². The summed E-state index contributed by atoms with van der Waals surface area (Å²) >= 11 is 7.58. The van der Waals surface area contributed by atoms with E-state index >= 15 is 0 Å². The Labute approximate surface area is 149 Å². The Morgan fingerprint density at radius 2 is 2.26 bits per heavy atom. The van der Waals surface area contributed by atoms with E-state index in [0.717, 1.165) is 15.5 Å². The van der Waals surface area contributed by atoms with Crippen LogP contribution in [0.5, 0.6) is 0 Å². The first-order chi connectivity index (χ1) is 10.6. The van der Waals surface area contributed by atoms with Crippen LogP contribution in [0.2, 0.25) is 5.02 Å². The van der Waals surface area contributed by atoms with E-state index in [4.69, 9.17) is 11.6 Å². The Hall–Kier alpha value is -1.18. The zero-order valence-electron chi connectivity index (χ0n) is 12.2. The summed E-state index contributed by atoms with van der Waals surface area (Å²) in [6.45, 7) is 0.452. The quantitative estimate of drug-likeness (QED) is 0.769. The molecule has 124 valence electrons. The lowest BCUT2D eigenvalue weighted by Crippen LogP contribution is -2.35. The zero-order chi connectivity index (χ0) is 15.5. The minimum atomic E-state index is -0.456. The lowest BCUT2D eigenvalue weighted by molar-refractivity contribution is -0.117. The van der Waals surface area contributed by atoms with E-state index in [-0.39, 0.29) is 24.4 Å². The van der Waals surface area contributed by atoms with Gasteiger partial charge in [-0.15, -0.1) is 23.7 Å². The Balaban J connectivity index is 0.00000192. The number of halogens is 2. The number of aliphatic hydroxyl groups excluding tert-OH is 1. The molecule has 1 fully saturated rings. The fourth-order valence-corrected chi connectivity index (χ4v) is 3.43. The van der Waals surface area contributed by atoms with Gasteiger partial charge in [0.1, 0.15) is 0 Å². The first kappa shape index (κ1) is 18.2. The van der Waals surface area contributed by atoms with Gasteiger partial charge in [0.05, 0.1) is 12.1 Å². The Bertz CT molecular complexity index is 680. The highest BCUT2D eigenvalue weighted by Gasteiger charge is 2.28. The summed E-state index contributed by atoms with van der Waals surface area (Å²) in [5.41, 5.74) is 1.03. The number of thiazole rings is 1. The summed E-state index contributed by atoms with van der Waals surface area (Å²) in [6.07, 6.45) is 2.42. The number of carbonyl (C=O) groups excluding carboxylic acids is 1. The number of nitrogens with one attached hydrogen (secondary N) is 2. The minimum Gasteiger partial charge on any atom is -0.392 e.